The number of oxime groups is 1. The molecule has 7 nitrogen and oxygen atoms in total. The summed E-state index contributed by atoms with van der Waals surface area (Å²) in [6.07, 6.45) is 6.91. The maximum atomic E-state index is 14.2. The molecule has 2 aromatic rings. The van der Waals surface area contributed by atoms with Gasteiger partial charge in [-0.3, -0.25) is 9.89 Å². The van der Waals surface area contributed by atoms with E-state index in [2.05, 4.69) is 10.1 Å². The summed E-state index contributed by atoms with van der Waals surface area (Å²) in [5.41, 5.74) is 2.18. The van der Waals surface area contributed by atoms with Crippen molar-refractivity contribution in [3.63, 3.8) is 0 Å². The highest BCUT2D eigenvalue weighted by Crippen LogP contribution is 2.42. The van der Waals surface area contributed by atoms with Crippen molar-refractivity contribution in [1.82, 2.24) is 9.80 Å². The largest absolute Gasteiger partial charge is 0.495 e. The molecule has 2 aromatic carbocycles. The Balaban J connectivity index is 1.46. The first-order chi connectivity index (χ1) is 17.7. The van der Waals surface area contributed by atoms with Gasteiger partial charge in [0.15, 0.2) is 29.4 Å². The highest BCUT2D eigenvalue weighted by molar-refractivity contribution is 5.97. The lowest BCUT2D eigenvalue weighted by Gasteiger charge is -2.45. The van der Waals surface area contributed by atoms with Gasteiger partial charge in [-0.25, -0.2) is 13.2 Å². The second-order valence-corrected chi connectivity index (χ2v) is 9.58. The van der Waals surface area contributed by atoms with Crippen molar-refractivity contribution in [2.45, 2.75) is 18.6 Å². The Bertz CT molecular complexity index is 1320. The van der Waals surface area contributed by atoms with E-state index in [-0.39, 0.29) is 0 Å². The molecule has 1 fully saturated rings. The molecule has 0 aromatic heterocycles. The number of anilines is 1. The quantitative estimate of drug-likeness (QED) is 0.559. The molecule has 194 valence electrons. The average molecular weight is 512 g/mol. The minimum Gasteiger partial charge on any atom is -0.495 e. The topological polar surface area (TPSA) is 52.9 Å². The molecule has 1 saturated heterocycles. The second-order valence-electron chi connectivity index (χ2n) is 9.58. The van der Waals surface area contributed by atoms with Crippen LogP contribution >= 0.6 is 0 Å². The van der Waals surface area contributed by atoms with E-state index in [1.807, 2.05) is 59.1 Å². The molecule has 0 bridgehead atoms. The number of likely N-dealkylation sites (tertiary alicyclic amines) is 1. The van der Waals surface area contributed by atoms with Crippen molar-refractivity contribution in [3.05, 3.63) is 76.8 Å². The molecular formula is C27H28F3N5O2. The van der Waals surface area contributed by atoms with E-state index >= 15 is 0 Å². The van der Waals surface area contributed by atoms with E-state index < -0.39 is 29.1 Å². The monoisotopic (exact) mass is 511 g/mol. The number of fused-ring (bicyclic) bond motifs is 1. The third-order valence-corrected chi connectivity index (χ3v) is 7.03. The van der Waals surface area contributed by atoms with Gasteiger partial charge in [0, 0.05) is 26.3 Å². The first-order valence-corrected chi connectivity index (χ1v) is 11.9. The number of hydrogen-bond donors (Lipinski definition) is 0. The number of amidine groups is 1. The van der Waals surface area contributed by atoms with Gasteiger partial charge in [-0.05, 0) is 61.0 Å². The number of nitrogens with zero attached hydrogens (tertiary/aromatic N) is 5. The van der Waals surface area contributed by atoms with Crippen LogP contribution in [-0.2, 0) is 10.4 Å². The van der Waals surface area contributed by atoms with Crippen LogP contribution in [0.3, 0.4) is 0 Å². The number of ether oxygens (including phenoxy) is 1. The number of methoxy groups -OCH3 is 1. The van der Waals surface area contributed by atoms with Gasteiger partial charge >= 0.3 is 0 Å². The number of aliphatic imine (C=N–C) groups is 1. The molecular weight excluding hydrogens is 483 g/mol. The van der Waals surface area contributed by atoms with E-state index in [4.69, 9.17) is 9.57 Å². The number of benzene rings is 2. The molecule has 0 saturated carbocycles. The van der Waals surface area contributed by atoms with Gasteiger partial charge in [0.1, 0.15) is 11.3 Å². The summed E-state index contributed by atoms with van der Waals surface area (Å²) < 4.78 is 47.8. The minimum absolute atomic E-state index is 0.291. The number of likely N-dealkylation sites (N-methyl/N-ethyl adjacent to an activating group) is 2. The van der Waals surface area contributed by atoms with Gasteiger partial charge < -0.3 is 19.4 Å². The van der Waals surface area contributed by atoms with Crippen LogP contribution in [0.2, 0.25) is 0 Å². The summed E-state index contributed by atoms with van der Waals surface area (Å²) in [5, 5.41) is 4.28. The van der Waals surface area contributed by atoms with Crippen molar-refractivity contribution in [1.29, 1.82) is 0 Å². The molecule has 3 aliphatic rings. The van der Waals surface area contributed by atoms with Crippen molar-refractivity contribution in [2.24, 2.45) is 10.1 Å². The Morgan fingerprint density at radius 1 is 1.11 bits per heavy atom. The Hall–Kier alpha value is -3.79. The molecule has 2 atom stereocenters. The third-order valence-electron chi connectivity index (χ3n) is 7.03. The maximum Gasteiger partial charge on any atom is 0.194 e. The zero-order valence-corrected chi connectivity index (χ0v) is 21.1. The van der Waals surface area contributed by atoms with Crippen LogP contribution in [0.15, 0.2) is 58.3 Å². The molecule has 10 heteroatoms. The zero-order chi connectivity index (χ0) is 26.3. The van der Waals surface area contributed by atoms with E-state index in [1.54, 1.807) is 26.6 Å². The van der Waals surface area contributed by atoms with Gasteiger partial charge in [0.25, 0.3) is 0 Å². The molecule has 0 spiro atoms. The SMILES string of the molecule is COc1cc(/C=C/C2=NOC3CN(C)C[C@@]3(c3cc(F)c(F)c(F)c3)N2C)ccc1N1C=NCC(C)=C1. The standard InChI is InChI=1S/C27H28F3N5O2/c1-17-12-31-16-35(13-17)22-7-5-18(9-23(22)36-4)6-8-25-32-37-24-14-33(2)15-27(24,34(25)3)19-10-20(28)26(30)21(29)11-19/h5-11,13,16,24H,12,14-15H2,1-4H3/b8-6+/t24?,27-/m0/s1. The van der Waals surface area contributed by atoms with Gasteiger partial charge in [-0.2, -0.15) is 0 Å². The van der Waals surface area contributed by atoms with Crippen molar-refractivity contribution in [3.8, 4) is 5.75 Å². The molecule has 5 rings (SSSR count). The fraction of sp³-hybridized carbons (Fsp3) is 0.333. The van der Waals surface area contributed by atoms with Crippen LogP contribution in [0.4, 0.5) is 18.9 Å². The van der Waals surface area contributed by atoms with Gasteiger partial charge in [-0.15, -0.1) is 0 Å². The molecule has 1 unspecified atom stereocenters. The Morgan fingerprint density at radius 3 is 2.57 bits per heavy atom. The van der Waals surface area contributed by atoms with Crippen LogP contribution in [0.25, 0.3) is 6.08 Å². The van der Waals surface area contributed by atoms with Crippen molar-refractivity contribution in [2.75, 3.05) is 45.7 Å². The number of hydrogen-bond acceptors (Lipinski definition) is 7. The summed E-state index contributed by atoms with van der Waals surface area (Å²) in [5.74, 6) is -2.83. The molecule has 0 aliphatic carbocycles. The highest BCUT2D eigenvalue weighted by atomic mass is 19.2. The maximum absolute atomic E-state index is 14.2. The smallest absolute Gasteiger partial charge is 0.194 e. The lowest BCUT2D eigenvalue weighted by atomic mass is 9.84. The fourth-order valence-corrected chi connectivity index (χ4v) is 5.15. The normalized spacial score (nSPS) is 23.7. The first-order valence-electron chi connectivity index (χ1n) is 11.9. The average Bonchev–Trinajstić information content (AvgIpc) is 3.24. The van der Waals surface area contributed by atoms with Crippen molar-refractivity contribution >= 4 is 23.9 Å². The zero-order valence-electron chi connectivity index (χ0n) is 21.1. The van der Waals surface area contributed by atoms with Crippen LogP contribution in [0, 0.1) is 17.5 Å². The van der Waals surface area contributed by atoms with Crippen LogP contribution in [0.1, 0.15) is 18.1 Å². The Kier molecular flexibility index (Phi) is 6.45. The van der Waals surface area contributed by atoms with E-state index in [0.29, 0.717) is 36.8 Å². The van der Waals surface area contributed by atoms with E-state index in [1.165, 1.54) is 0 Å². The highest BCUT2D eigenvalue weighted by Gasteiger charge is 2.55. The first kappa shape index (κ1) is 24.9. The van der Waals surface area contributed by atoms with E-state index in [9.17, 15) is 13.2 Å². The second kappa shape index (κ2) is 9.59. The summed E-state index contributed by atoms with van der Waals surface area (Å²) in [6, 6.07) is 7.86. The van der Waals surface area contributed by atoms with E-state index in [0.717, 1.165) is 29.0 Å². The van der Waals surface area contributed by atoms with Gasteiger partial charge in [0.05, 0.1) is 25.7 Å². The summed E-state index contributed by atoms with van der Waals surface area (Å²) >= 11 is 0. The summed E-state index contributed by atoms with van der Waals surface area (Å²) in [6.45, 7) is 3.60. The van der Waals surface area contributed by atoms with Crippen molar-refractivity contribution < 1.29 is 22.7 Å². The predicted molar refractivity (Wildman–Crippen MR) is 137 cm³/mol. The van der Waals surface area contributed by atoms with Crippen LogP contribution in [0.5, 0.6) is 5.75 Å². The molecule has 0 amide bonds. The fourth-order valence-electron chi connectivity index (χ4n) is 5.15. The lowest BCUT2D eigenvalue weighted by Crippen LogP contribution is -2.57. The Labute approximate surface area is 213 Å². The third kappa shape index (κ3) is 4.35. The summed E-state index contributed by atoms with van der Waals surface area (Å²) in [7, 11) is 5.30. The molecule has 3 aliphatic heterocycles. The molecule has 0 N–H and O–H groups in total. The predicted octanol–water partition coefficient (Wildman–Crippen LogP) is 4.36. The number of halogens is 3. The van der Waals surface area contributed by atoms with Crippen LogP contribution in [-0.4, -0.2) is 68.9 Å². The van der Waals surface area contributed by atoms with Gasteiger partial charge in [0.2, 0.25) is 0 Å². The molecule has 3 heterocycles. The van der Waals surface area contributed by atoms with Crippen LogP contribution < -0.4 is 9.64 Å². The Morgan fingerprint density at radius 2 is 1.86 bits per heavy atom. The number of rotatable bonds is 5. The summed E-state index contributed by atoms with van der Waals surface area (Å²) in [4.78, 5) is 15.9. The molecule has 37 heavy (non-hydrogen) atoms. The molecule has 0 radical (unpaired) electrons. The van der Waals surface area contributed by atoms with Gasteiger partial charge in [-0.1, -0.05) is 17.3 Å². The lowest BCUT2D eigenvalue weighted by molar-refractivity contribution is -0.0391. The minimum atomic E-state index is -1.49.